The van der Waals surface area contributed by atoms with Gasteiger partial charge < -0.3 is 5.73 Å². The van der Waals surface area contributed by atoms with E-state index in [9.17, 15) is 4.79 Å². The van der Waals surface area contributed by atoms with Gasteiger partial charge in [-0.25, -0.2) is 9.97 Å². The van der Waals surface area contributed by atoms with Gasteiger partial charge in [0, 0.05) is 12.4 Å². The highest BCUT2D eigenvalue weighted by molar-refractivity contribution is 5.86. The van der Waals surface area contributed by atoms with Crippen LogP contribution in [0.2, 0.25) is 0 Å². The van der Waals surface area contributed by atoms with Gasteiger partial charge in [0.15, 0.2) is 5.78 Å². The van der Waals surface area contributed by atoms with Crippen LogP contribution < -0.4 is 5.73 Å². The van der Waals surface area contributed by atoms with Crippen LogP contribution in [0.4, 0.5) is 5.95 Å². The first-order chi connectivity index (χ1) is 5.66. The molecule has 12 heavy (non-hydrogen) atoms. The lowest BCUT2D eigenvalue weighted by atomic mass is 10.5. The van der Waals surface area contributed by atoms with Crippen LogP contribution in [0.1, 0.15) is 6.92 Å². The highest BCUT2D eigenvalue weighted by Crippen LogP contribution is 1.81. The fraction of sp³-hybridized carbons (Fsp3) is 0.125. The second-order valence-electron chi connectivity index (χ2n) is 1.92. The Hall–Kier alpha value is -1.71. The Bertz CT molecular complexity index is 246. The van der Waals surface area contributed by atoms with Crippen molar-refractivity contribution in [3.63, 3.8) is 0 Å². The Balaban J connectivity index is 0.000000217. The van der Waals surface area contributed by atoms with E-state index in [1.807, 2.05) is 0 Å². The van der Waals surface area contributed by atoms with Crippen molar-refractivity contribution < 1.29 is 4.79 Å². The van der Waals surface area contributed by atoms with Crippen molar-refractivity contribution >= 4 is 11.7 Å². The molecule has 64 valence electrons. The highest BCUT2D eigenvalue weighted by atomic mass is 16.1. The molecule has 0 saturated carbocycles. The third-order valence-corrected chi connectivity index (χ3v) is 0.873. The first-order valence-electron chi connectivity index (χ1n) is 3.32. The maximum atomic E-state index is 9.69. The predicted molar refractivity (Wildman–Crippen MR) is 47.3 cm³/mol. The number of nitrogens with zero attached hydrogens (tertiary/aromatic N) is 2. The molecule has 0 atom stereocenters. The van der Waals surface area contributed by atoms with Crippen LogP contribution >= 0.6 is 0 Å². The van der Waals surface area contributed by atoms with Crippen LogP contribution in [0.15, 0.2) is 31.1 Å². The Kier molecular flexibility index (Phi) is 5.17. The molecule has 0 aliphatic carbocycles. The van der Waals surface area contributed by atoms with Gasteiger partial charge in [-0.3, -0.25) is 4.79 Å². The topological polar surface area (TPSA) is 68.9 Å². The summed E-state index contributed by atoms with van der Waals surface area (Å²) in [5.74, 6) is 0.340. The van der Waals surface area contributed by atoms with E-state index in [0.717, 1.165) is 0 Å². The molecule has 0 saturated heterocycles. The number of hydrogen-bond donors (Lipinski definition) is 1. The molecule has 0 unspecified atom stereocenters. The van der Waals surface area contributed by atoms with Gasteiger partial charge >= 0.3 is 0 Å². The average molecular weight is 165 g/mol. The predicted octanol–water partition coefficient (Wildman–Crippen LogP) is 0.820. The van der Waals surface area contributed by atoms with Crippen molar-refractivity contribution in [3.05, 3.63) is 31.1 Å². The fourth-order valence-corrected chi connectivity index (χ4v) is 0.311. The summed E-state index contributed by atoms with van der Waals surface area (Å²) in [6.07, 6.45) is 4.48. The molecule has 4 heteroatoms. The Labute approximate surface area is 71.1 Å². The van der Waals surface area contributed by atoms with E-state index in [0.29, 0.717) is 5.95 Å². The van der Waals surface area contributed by atoms with Crippen LogP contribution in [0, 0.1) is 0 Å². The van der Waals surface area contributed by atoms with Gasteiger partial charge in [-0.05, 0) is 19.1 Å². The van der Waals surface area contributed by atoms with Crippen molar-refractivity contribution in [1.82, 2.24) is 9.97 Å². The van der Waals surface area contributed by atoms with Crippen molar-refractivity contribution in [1.29, 1.82) is 0 Å². The van der Waals surface area contributed by atoms with Gasteiger partial charge in [0.05, 0.1) is 0 Å². The highest BCUT2D eigenvalue weighted by Gasteiger charge is 1.75. The minimum atomic E-state index is 0.0185. The molecular weight excluding hydrogens is 154 g/mol. The molecule has 4 nitrogen and oxygen atoms in total. The smallest absolute Gasteiger partial charge is 0.219 e. The molecule has 0 radical (unpaired) electrons. The Morgan fingerprint density at radius 2 is 2.00 bits per heavy atom. The summed E-state index contributed by atoms with van der Waals surface area (Å²) < 4.78 is 0. The number of hydrogen-bond acceptors (Lipinski definition) is 4. The van der Waals surface area contributed by atoms with Crippen LogP contribution in [0.25, 0.3) is 0 Å². The van der Waals surface area contributed by atoms with Gasteiger partial charge in [0.1, 0.15) is 0 Å². The summed E-state index contributed by atoms with van der Waals surface area (Å²) in [5.41, 5.74) is 5.14. The Morgan fingerprint density at radius 1 is 1.58 bits per heavy atom. The summed E-state index contributed by atoms with van der Waals surface area (Å²) in [6, 6.07) is 1.72. The first kappa shape index (κ1) is 10.3. The zero-order chi connectivity index (χ0) is 9.40. The molecule has 0 spiro atoms. The number of rotatable bonds is 1. The average Bonchev–Trinajstić information content (AvgIpc) is 2.07. The second kappa shape index (κ2) is 6.03. The van der Waals surface area contributed by atoms with E-state index < -0.39 is 0 Å². The standard InChI is InChI=1S/C4H5N3.C4H6O/c5-4-6-2-1-3-7-4;1-3-4(2)5/h1-3H,(H2,5,6,7);3H,1H2,2H3. The summed E-state index contributed by atoms with van der Waals surface area (Å²) in [5, 5.41) is 0. The number of anilines is 1. The maximum absolute atomic E-state index is 9.69. The molecule has 1 aromatic heterocycles. The van der Waals surface area contributed by atoms with Crippen LogP contribution in [-0.2, 0) is 4.79 Å². The van der Waals surface area contributed by atoms with E-state index in [4.69, 9.17) is 5.73 Å². The lowest BCUT2D eigenvalue weighted by Crippen LogP contribution is -1.90. The van der Waals surface area contributed by atoms with Crippen molar-refractivity contribution in [3.8, 4) is 0 Å². The molecule has 1 heterocycles. The minimum Gasteiger partial charge on any atom is -0.368 e. The third-order valence-electron chi connectivity index (χ3n) is 0.873. The van der Waals surface area contributed by atoms with E-state index in [2.05, 4.69) is 16.5 Å². The van der Waals surface area contributed by atoms with E-state index >= 15 is 0 Å². The normalized spacial score (nSPS) is 7.75. The first-order valence-corrected chi connectivity index (χ1v) is 3.32. The van der Waals surface area contributed by atoms with Gasteiger partial charge in [-0.2, -0.15) is 0 Å². The van der Waals surface area contributed by atoms with Crippen LogP contribution in [-0.4, -0.2) is 15.8 Å². The van der Waals surface area contributed by atoms with Gasteiger partial charge in [-0.1, -0.05) is 6.58 Å². The molecule has 0 aromatic carbocycles. The summed E-state index contributed by atoms with van der Waals surface area (Å²) >= 11 is 0. The van der Waals surface area contributed by atoms with E-state index in [1.54, 1.807) is 18.5 Å². The molecular formula is C8H11N3O. The lowest BCUT2D eigenvalue weighted by Gasteiger charge is -1.82. The van der Waals surface area contributed by atoms with Crippen molar-refractivity contribution in [2.24, 2.45) is 0 Å². The maximum Gasteiger partial charge on any atom is 0.219 e. The minimum absolute atomic E-state index is 0.0185. The largest absolute Gasteiger partial charge is 0.368 e. The quantitative estimate of drug-likeness (QED) is 0.625. The fourth-order valence-electron chi connectivity index (χ4n) is 0.311. The van der Waals surface area contributed by atoms with Crippen LogP contribution in [0.5, 0.6) is 0 Å². The van der Waals surface area contributed by atoms with Gasteiger partial charge in [0.2, 0.25) is 5.95 Å². The molecule has 2 N–H and O–H groups in total. The third kappa shape index (κ3) is 6.41. The van der Waals surface area contributed by atoms with E-state index in [-0.39, 0.29) is 5.78 Å². The molecule has 0 amide bonds. The number of nitrogens with two attached hydrogens (primary N) is 1. The molecule has 0 aliphatic rings. The Morgan fingerprint density at radius 3 is 2.17 bits per heavy atom. The number of aromatic nitrogens is 2. The molecule has 0 aliphatic heterocycles. The van der Waals surface area contributed by atoms with E-state index in [1.165, 1.54) is 13.0 Å². The van der Waals surface area contributed by atoms with Crippen molar-refractivity contribution in [2.75, 3.05) is 5.73 Å². The zero-order valence-corrected chi connectivity index (χ0v) is 6.90. The number of ketones is 1. The number of carbonyl (C=O) groups is 1. The summed E-state index contributed by atoms with van der Waals surface area (Å²) in [7, 11) is 0. The van der Waals surface area contributed by atoms with Gasteiger partial charge in [0.25, 0.3) is 0 Å². The van der Waals surface area contributed by atoms with Gasteiger partial charge in [-0.15, -0.1) is 0 Å². The lowest BCUT2D eigenvalue weighted by molar-refractivity contribution is -0.112. The summed E-state index contributed by atoms with van der Waals surface area (Å²) in [4.78, 5) is 17.0. The monoisotopic (exact) mass is 165 g/mol. The SMILES string of the molecule is C=CC(C)=O.Nc1ncccn1. The van der Waals surface area contributed by atoms with Crippen molar-refractivity contribution in [2.45, 2.75) is 6.92 Å². The second-order valence-corrected chi connectivity index (χ2v) is 1.92. The van der Waals surface area contributed by atoms with Crippen LogP contribution in [0.3, 0.4) is 0 Å². The number of carbonyl (C=O) groups excluding carboxylic acids is 1. The molecule has 0 fully saturated rings. The molecule has 1 rings (SSSR count). The number of allylic oxidation sites excluding steroid dienone is 1. The zero-order valence-electron chi connectivity index (χ0n) is 6.90. The summed E-state index contributed by atoms with van der Waals surface area (Å²) in [6.45, 7) is 4.68. The molecule has 0 bridgehead atoms. The number of nitrogen functional groups attached to an aromatic ring is 1. The molecule has 1 aromatic rings.